The van der Waals surface area contributed by atoms with Gasteiger partial charge >= 0.3 is 6.03 Å². The zero-order valence-electron chi connectivity index (χ0n) is 13.7. The summed E-state index contributed by atoms with van der Waals surface area (Å²) in [6.45, 7) is -0.132. The number of carbonyl (C=O) groups excluding carboxylic acids is 3. The number of imide groups is 1. The van der Waals surface area contributed by atoms with E-state index >= 15 is 0 Å². The third-order valence-corrected chi connectivity index (χ3v) is 5.58. The SMILES string of the molecule is CN1C(=O)C2C(N=C(Br)N2CC(=O)Nc2ccc(Cl)c(Cl)c2)N(C)C1=O. The molecule has 8 nitrogen and oxygen atoms in total. The fourth-order valence-electron chi connectivity index (χ4n) is 2.82. The molecule has 0 bridgehead atoms. The van der Waals surface area contributed by atoms with Crippen molar-refractivity contribution in [2.24, 2.45) is 4.99 Å². The number of benzene rings is 1. The number of carbonyl (C=O) groups is 3. The normalized spacial score (nSPS) is 22.5. The van der Waals surface area contributed by atoms with Gasteiger partial charge in [0.25, 0.3) is 5.91 Å². The second kappa shape index (κ2) is 7.05. The van der Waals surface area contributed by atoms with E-state index in [1.807, 2.05) is 0 Å². The Balaban J connectivity index is 1.75. The maximum atomic E-state index is 12.5. The standard InChI is InChI=1S/C15H14BrCl2N5O3/c1-21-12-11(13(25)22(2)15(21)26)23(14(16)20-12)6-10(24)19-7-3-4-8(17)9(18)5-7/h3-5,11-12H,6H2,1-2H3,(H,19,24). The zero-order valence-corrected chi connectivity index (χ0v) is 16.8. The van der Waals surface area contributed by atoms with Crippen LogP contribution in [0.15, 0.2) is 23.2 Å². The lowest BCUT2D eigenvalue weighted by atomic mass is 10.1. The van der Waals surface area contributed by atoms with Crippen LogP contribution >= 0.6 is 39.1 Å². The number of anilines is 1. The Labute approximate surface area is 167 Å². The second-order valence-electron chi connectivity index (χ2n) is 5.85. The van der Waals surface area contributed by atoms with Crippen molar-refractivity contribution < 1.29 is 14.4 Å². The topological polar surface area (TPSA) is 85.3 Å². The van der Waals surface area contributed by atoms with Gasteiger partial charge in [-0.05, 0) is 34.1 Å². The van der Waals surface area contributed by atoms with Gasteiger partial charge in [-0.1, -0.05) is 23.2 Å². The van der Waals surface area contributed by atoms with Crippen molar-refractivity contribution in [2.75, 3.05) is 26.0 Å². The molecule has 0 spiro atoms. The number of rotatable bonds is 3. The van der Waals surface area contributed by atoms with Crippen LogP contribution in [0.1, 0.15) is 0 Å². The smallest absolute Gasteiger partial charge is 0.326 e. The van der Waals surface area contributed by atoms with E-state index in [4.69, 9.17) is 23.2 Å². The molecule has 2 heterocycles. The van der Waals surface area contributed by atoms with E-state index in [0.29, 0.717) is 20.5 Å². The molecular weight excluding hydrogens is 449 g/mol. The molecule has 1 saturated heterocycles. The summed E-state index contributed by atoms with van der Waals surface area (Å²) in [5.41, 5.74) is 0.479. The highest BCUT2D eigenvalue weighted by molar-refractivity contribution is 9.18. The van der Waals surface area contributed by atoms with Gasteiger partial charge in [-0.15, -0.1) is 0 Å². The van der Waals surface area contributed by atoms with E-state index in [2.05, 4.69) is 26.2 Å². The number of hydrogen-bond donors (Lipinski definition) is 1. The van der Waals surface area contributed by atoms with Gasteiger partial charge in [0, 0.05) is 19.8 Å². The number of amidine groups is 1. The van der Waals surface area contributed by atoms with Gasteiger partial charge in [0.05, 0.1) is 10.0 Å². The number of aliphatic imine (C=N–C) groups is 1. The average Bonchev–Trinajstić information content (AvgIpc) is 2.91. The Kier molecular flexibility index (Phi) is 5.14. The molecule has 11 heteroatoms. The van der Waals surface area contributed by atoms with Gasteiger partial charge in [-0.2, -0.15) is 0 Å². The fourth-order valence-corrected chi connectivity index (χ4v) is 3.68. The van der Waals surface area contributed by atoms with Crippen molar-refractivity contribution >= 4 is 67.4 Å². The number of hydrogen-bond acceptors (Lipinski definition) is 5. The molecular formula is C15H14BrCl2N5O3. The lowest BCUT2D eigenvalue weighted by molar-refractivity contribution is -0.136. The fraction of sp³-hybridized carbons (Fsp3) is 0.333. The summed E-state index contributed by atoms with van der Waals surface area (Å²) >= 11 is 15.1. The lowest BCUT2D eigenvalue weighted by Crippen LogP contribution is -2.64. The van der Waals surface area contributed by atoms with Crippen molar-refractivity contribution in [2.45, 2.75) is 12.2 Å². The molecule has 1 aromatic carbocycles. The summed E-state index contributed by atoms with van der Waals surface area (Å²) < 4.78 is 0.333. The van der Waals surface area contributed by atoms with E-state index in [0.717, 1.165) is 4.90 Å². The minimum Gasteiger partial charge on any atom is -0.326 e. The van der Waals surface area contributed by atoms with Crippen molar-refractivity contribution in [1.29, 1.82) is 0 Å². The zero-order chi connectivity index (χ0) is 19.2. The van der Waals surface area contributed by atoms with Crippen LogP contribution in [0.3, 0.4) is 0 Å². The first-order valence-corrected chi connectivity index (χ1v) is 9.05. The van der Waals surface area contributed by atoms with Crippen LogP contribution in [-0.2, 0) is 9.59 Å². The second-order valence-corrected chi connectivity index (χ2v) is 7.38. The van der Waals surface area contributed by atoms with E-state index in [9.17, 15) is 14.4 Å². The Morgan fingerprint density at radius 1 is 1.27 bits per heavy atom. The summed E-state index contributed by atoms with van der Waals surface area (Å²) in [5, 5.41) is 3.39. The highest BCUT2D eigenvalue weighted by atomic mass is 79.9. The monoisotopic (exact) mass is 461 g/mol. The molecule has 2 aliphatic rings. The van der Waals surface area contributed by atoms with Crippen LogP contribution in [0.25, 0.3) is 0 Å². The molecule has 2 unspecified atom stereocenters. The lowest BCUT2D eigenvalue weighted by Gasteiger charge is -2.39. The Bertz CT molecular complexity index is 833. The van der Waals surface area contributed by atoms with Crippen molar-refractivity contribution in [3.05, 3.63) is 28.2 Å². The van der Waals surface area contributed by atoms with Crippen LogP contribution < -0.4 is 5.32 Å². The predicted octanol–water partition coefficient (Wildman–Crippen LogP) is 2.22. The molecule has 2 aliphatic heterocycles. The number of halogens is 3. The predicted molar refractivity (Wildman–Crippen MR) is 102 cm³/mol. The third-order valence-electron chi connectivity index (χ3n) is 4.18. The molecule has 0 aromatic heterocycles. The molecule has 1 N–H and O–H groups in total. The van der Waals surface area contributed by atoms with E-state index in [1.54, 1.807) is 19.2 Å². The molecule has 0 saturated carbocycles. The van der Waals surface area contributed by atoms with Crippen LogP contribution in [0.4, 0.5) is 10.5 Å². The van der Waals surface area contributed by atoms with Gasteiger partial charge in [0.1, 0.15) is 6.54 Å². The molecule has 0 aliphatic carbocycles. The molecule has 1 aromatic rings. The number of amides is 4. The molecule has 0 radical (unpaired) electrons. The first-order valence-electron chi connectivity index (χ1n) is 7.50. The van der Waals surface area contributed by atoms with Gasteiger partial charge in [0.2, 0.25) is 5.91 Å². The van der Waals surface area contributed by atoms with Crippen LogP contribution in [0.2, 0.25) is 10.0 Å². The van der Waals surface area contributed by atoms with Crippen LogP contribution in [0, 0.1) is 0 Å². The first kappa shape index (κ1) is 18.9. The molecule has 138 valence electrons. The average molecular weight is 463 g/mol. The quantitative estimate of drug-likeness (QED) is 0.698. The summed E-state index contributed by atoms with van der Waals surface area (Å²) in [6, 6.07) is 3.51. The van der Waals surface area contributed by atoms with Gasteiger partial charge in [0.15, 0.2) is 17.0 Å². The maximum absolute atomic E-state index is 12.5. The van der Waals surface area contributed by atoms with Gasteiger partial charge < -0.3 is 15.1 Å². The Morgan fingerprint density at radius 3 is 2.62 bits per heavy atom. The van der Waals surface area contributed by atoms with Crippen molar-refractivity contribution in [1.82, 2.24) is 14.7 Å². The van der Waals surface area contributed by atoms with E-state index < -0.39 is 24.1 Å². The molecule has 3 rings (SSSR count). The maximum Gasteiger partial charge on any atom is 0.328 e. The molecule has 1 fully saturated rings. The number of nitrogens with zero attached hydrogens (tertiary/aromatic N) is 4. The highest BCUT2D eigenvalue weighted by Crippen LogP contribution is 2.29. The summed E-state index contributed by atoms with van der Waals surface area (Å²) in [7, 11) is 2.96. The van der Waals surface area contributed by atoms with Crippen molar-refractivity contribution in [3.8, 4) is 0 Å². The number of urea groups is 1. The summed E-state index contributed by atoms with van der Waals surface area (Å²) in [5.74, 6) is -0.787. The minimum atomic E-state index is -0.767. The minimum absolute atomic E-state index is 0.132. The van der Waals surface area contributed by atoms with E-state index in [1.165, 1.54) is 22.9 Å². The largest absolute Gasteiger partial charge is 0.328 e. The third kappa shape index (κ3) is 3.26. The van der Waals surface area contributed by atoms with Gasteiger partial charge in [-0.25, -0.2) is 9.79 Å². The highest BCUT2D eigenvalue weighted by Gasteiger charge is 2.50. The van der Waals surface area contributed by atoms with Crippen LogP contribution in [0.5, 0.6) is 0 Å². The van der Waals surface area contributed by atoms with Crippen LogP contribution in [-0.4, -0.2) is 70.1 Å². The molecule has 2 atom stereocenters. The summed E-state index contributed by atoms with van der Waals surface area (Å²) in [4.78, 5) is 45.2. The number of fused-ring (bicyclic) bond motifs is 1. The molecule has 4 amide bonds. The Morgan fingerprint density at radius 2 is 1.96 bits per heavy atom. The number of likely N-dealkylation sites (N-methyl/N-ethyl adjacent to an activating group) is 2. The molecule has 26 heavy (non-hydrogen) atoms. The van der Waals surface area contributed by atoms with E-state index in [-0.39, 0.29) is 12.5 Å². The van der Waals surface area contributed by atoms with Gasteiger partial charge in [-0.3, -0.25) is 14.5 Å². The first-order chi connectivity index (χ1) is 12.2. The summed E-state index contributed by atoms with van der Waals surface area (Å²) in [6.07, 6.45) is -0.682. The number of nitrogens with one attached hydrogen (secondary N) is 1. The van der Waals surface area contributed by atoms with Crippen molar-refractivity contribution in [3.63, 3.8) is 0 Å². The Hall–Kier alpha value is -1.84.